The summed E-state index contributed by atoms with van der Waals surface area (Å²) in [7, 11) is 1.78. The van der Waals surface area contributed by atoms with Crippen LogP contribution in [-0.2, 0) is 16.6 Å². The van der Waals surface area contributed by atoms with Gasteiger partial charge in [-0.2, -0.15) is 0 Å². The van der Waals surface area contributed by atoms with Crippen molar-refractivity contribution in [3.8, 4) is 0 Å². The Kier molecular flexibility index (Phi) is 5.38. The van der Waals surface area contributed by atoms with Crippen LogP contribution in [0.25, 0.3) is 11.1 Å². The third kappa shape index (κ3) is 4.04. The van der Waals surface area contributed by atoms with Crippen molar-refractivity contribution >= 4 is 23.0 Å². The van der Waals surface area contributed by atoms with Gasteiger partial charge in [0, 0.05) is 43.2 Å². The van der Waals surface area contributed by atoms with Crippen LogP contribution in [0.5, 0.6) is 0 Å². The molecule has 1 amide bonds. The van der Waals surface area contributed by atoms with Gasteiger partial charge in [0.1, 0.15) is 11.5 Å². The Labute approximate surface area is 169 Å². The summed E-state index contributed by atoms with van der Waals surface area (Å²) in [5.41, 5.74) is 2.35. The number of fused-ring (bicyclic) bond motifs is 1. The van der Waals surface area contributed by atoms with Crippen molar-refractivity contribution in [2.75, 3.05) is 0 Å². The van der Waals surface area contributed by atoms with E-state index in [1.165, 1.54) is 6.42 Å². The van der Waals surface area contributed by atoms with Crippen LogP contribution >= 0.6 is 0 Å². The fourth-order valence-corrected chi connectivity index (χ4v) is 3.93. The van der Waals surface area contributed by atoms with E-state index in [0.717, 1.165) is 37.0 Å². The molecule has 1 saturated carbocycles. The van der Waals surface area contributed by atoms with E-state index in [1.807, 2.05) is 13.0 Å². The van der Waals surface area contributed by atoms with Crippen molar-refractivity contribution in [3.05, 3.63) is 53.7 Å². The fraction of sp³-hybridized carbons (Fsp3) is 0.409. The normalized spacial score (nSPS) is 15.9. The summed E-state index contributed by atoms with van der Waals surface area (Å²) in [5, 5.41) is 3.06. The molecule has 1 N–H and O–H groups in total. The van der Waals surface area contributed by atoms with Crippen LogP contribution in [-0.4, -0.2) is 27.5 Å². The molecule has 0 aromatic carbocycles. The predicted molar refractivity (Wildman–Crippen MR) is 107 cm³/mol. The van der Waals surface area contributed by atoms with Crippen molar-refractivity contribution in [2.45, 2.75) is 51.2 Å². The topological polar surface area (TPSA) is 86.4 Å². The minimum atomic E-state index is -1.03. The van der Waals surface area contributed by atoms with E-state index in [0.29, 0.717) is 16.8 Å². The Bertz CT molecular complexity index is 1020. The number of rotatable bonds is 5. The highest BCUT2D eigenvalue weighted by Crippen LogP contribution is 2.26. The van der Waals surface area contributed by atoms with E-state index >= 15 is 0 Å². The van der Waals surface area contributed by atoms with Crippen LogP contribution in [0.2, 0.25) is 0 Å². The first-order valence-electron chi connectivity index (χ1n) is 10.00. The zero-order chi connectivity index (χ0) is 20.4. The van der Waals surface area contributed by atoms with Crippen LogP contribution in [0.1, 0.15) is 60.0 Å². The van der Waals surface area contributed by atoms with Gasteiger partial charge in [-0.1, -0.05) is 19.3 Å². The Morgan fingerprint density at radius 1 is 1.21 bits per heavy atom. The fourth-order valence-electron chi connectivity index (χ4n) is 3.93. The average Bonchev–Trinajstić information content (AvgIpc) is 3.24. The molecule has 1 atom stereocenters. The number of ether oxygens (including phenoxy) is 1. The molecule has 4 rings (SSSR count). The molecule has 3 aromatic rings. The van der Waals surface area contributed by atoms with Gasteiger partial charge in [-0.05, 0) is 31.9 Å². The maximum absolute atomic E-state index is 13.0. The molecule has 3 aromatic heterocycles. The maximum Gasteiger partial charge on any atom is 0.356 e. The molecule has 1 aliphatic carbocycles. The molecule has 0 radical (unpaired) electrons. The molecule has 7 heteroatoms. The second kappa shape index (κ2) is 8.11. The number of hydrogen-bond acceptors (Lipinski definition) is 5. The number of furan rings is 1. The van der Waals surface area contributed by atoms with Gasteiger partial charge in [0.2, 0.25) is 6.10 Å². The van der Waals surface area contributed by atoms with Crippen molar-refractivity contribution in [3.63, 3.8) is 0 Å². The van der Waals surface area contributed by atoms with Gasteiger partial charge < -0.3 is 19.0 Å². The van der Waals surface area contributed by atoms with Gasteiger partial charge >= 0.3 is 5.97 Å². The number of nitrogens with zero attached hydrogens (tertiary/aromatic N) is 2. The molecular formula is C22H25N3O4. The summed E-state index contributed by atoms with van der Waals surface area (Å²) >= 11 is 0. The van der Waals surface area contributed by atoms with Gasteiger partial charge in [-0.15, -0.1) is 0 Å². The quantitative estimate of drug-likeness (QED) is 0.664. The number of nitrogens with one attached hydrogen (secondary N) is 1. The summed E-state index contributed by atoms with van der Waals surface area (Å²) in [5.74, 6) is -0.102. The molecule has 7 nitrogen and oxygen atoms in total. The van der Waals surface area contributed by atoms with Gasteiger partial charge in [-0.3, -0.25) is 9.78 Å². The molecule has 29 heavy (non-hydrogen) atoms. The second-order valence-corrected chi connectivity index (χ2v) is 7.60. The zero-order valence-corrected chi connectivity index (χ0v) is 16.7. The highest BCUT2D eigenvalue weighted by Gasteiger charge is 2.29. The maximum atomic E-state index is 13.0. The number of aromatic nitrogens is 2. The molecular weight excluding hydrogens is 370 g/mol. The largest absolute Gasteiger partial charge is 0.460 e. The van der Waals surface area contributed by atoms with E-state index in [4.69, 9.17) is 9.15 Å². The van der Waals surface area contributed by atoms with E-state index in [9.17, 15) is 9.59 Å². The third-order valence-corrected chi connectivity index (χ3v) is 5.49. The number of esters is 1. The lowest BCUT2D eigenvalue weighted by Gasteiger charge is -2.25. The lowest BCUT2D eigenvalue weighted by Crippen LogP contribution is -2.40. The molecule has 152 valence electrons. The van der Waals surface area contributed by atoms with Crippen molar-refractivity contribution < 1.29 is 18.7 Å². The van der Waals surface area contributed by atoms with Gasteiger partial charge in [0.05, 0.1) is 5.52 Å². The Morgan fingerprint density at radius 2 is 1.93 bits per heavy atom. The van der Waals surface area contributed by atoms with E-state index < -0.39 is 12.1 Å². The second-order valence-electron chi connectivity index (χ2n) is 7.60. The predicted octanol–water partition coefficient (Wildman–Crippen LogP) is 3.82. The van der Waals surface area contributed by atoms with Crippen LogP contribution in [0, 0.1) is 6.92 Å². The summed E-state index contributed by atoms with van der Waals surface area (Å²) in [4.78, 5) is 29.9. The first-order valence-corrected chi connectivity index (χ1v) is 10.00. The van der Waals surface area contributed by atoms with E-state index in [-0.39, 0.29) is 11.9 Å². The molecule has 0 spiro atoms. The Balaban J connectivity index is 1.57. The van der Waals surface area contributed by atoms with Gasteiger partial charge in [-0.25, -0.2) is 4.79 Å². The number of pyridine rings is 1. The summed E-state index contributed by atoms with van der Waals surface area (Å²) < 4.78 is 13.0. The minimum absolute atomic E-state index is 0.125. The van der Waals surface area contributed by atoms with E-state index in [1.54, 1.807) is 42.2 Å². The van der Waals surface area contributed by atoms with Crippen LogP contribution < -0.4 is 5.32 Å². The first-order chi connectivity index (χ1) is 14.0. The Hall–Kier alpha value is -3.09. The number of aryl methyl sites for hydroxylation is 2. The molecule has 0 bridgehead atoms. The summed E-state index contributed by atoms with van der Waals surface area (Å²) in [6.45, 7) is 1.85. The smallest absolute Gasteiger partial charge is 0.356 e. The lowest BCUT2D eigenvalue weighted by molar-refractivity contribution is -0.131. The lowest BCUT2D eigenvalue weighted by atomic mass is 9.95. The van der Waals surface area contributed by atoms with E-state index in [2.05, 4.69) is 10.3 Å². The first kappa shape index (κ1) is 19.2. The van der Waals surface area contributed by atoms with Crippen molar-refractivity contribution in [2.24, 2.45) is 7.05 Å². The number of amides is 1. The molecule has 1 fully saturated rings. The highest BCUT2D eigenvalue weighted by atomic mass is 16.5. The zero-order valence-electron chi connectivity index (χ0n) is 16.7. The monoisotopic (exact) mass is 395 g/mol. The molecule has 3 heterocycles. The minimum Gasteiger partial charge on any atom is -0.460 e. The molecule has 1 unspecified atom stereocenters. The molecule has 1 aliphatic rings. The van der Waals surface area contributed by atoms with Crippen LogP contribution in [0.3, 0.4) is 0 Å². The summed E-state index contributed by atoms with van der Waals surface area (Å²) in [6, 6.07) is 7.02. The standard InChI is InChI=1S/C22H25N3O4/c1-14-12-17-19(28-14)13-18(25(17)2)22(27)29-20(15-8-10-23-11-9-15)21(26)24-16-6-4-3-5-7-16/h8-13,16,20H,3-7H2,1-2H3,(H,24,26). The number of hydrogen-bond donors (Lipinski definition) is 1. The van der Waals surface area contributed by atoms with Crippen molar-refractivity contribution in [1.29, 1.82) is 0 Å². The van der Waals surface area contributed by atoms with Crippen molar-refractivity contribution in [1.82, 2.24) is 14.9 Å². The molecule has 0 aliphatic heterocycles. The SMILES string of the molecule is Cc1cc2c(cc(C(=O)OC(C(=O)NC3CCCCC3)c3ccncc3)n2C)o1. The van der Waals surface area contributed by atoms with Gasteiger partial charge in [0.25, 0.3) is 5.91 Å². The van der Waals surface area contributed by atoms with Crippen LogP contribution in [0.4, 0.5) is 0 Å². The van der Waals surface area contributed by atoms with Gasteiger partial charge in [0.15, 0.2) is 5.58 Å². The Morgan fingerprint density at radius 3 is 2.62 bits per heavy atom. The number of carbonyl (C=O) groups is 2. The summed E-state index contributed by atoms with van der Waals surface area (Å²) in [6.07, 6.45) is 7.45. The highest BCUT2D eigenvalue weighted by molar-refractivity contribution is 5.96. The third-order valence-electron chi connectivity index (χ3n) is 5.49. The number of carbonyl (C=O) groups excluding carboxylic acids is 2. The average molecular weight is 395 g/mol. The molecule has 0 saturated heterocycles. The van der Waals surface area contributed by atoms with Crippen LogP contribution in [0.15, 0.2) is 41.1 Å².